The van der Waals surface area contributed by atoms with Gasteiger partial charge in [0.15, 0.2) is 0 Å². The molecule has 0 aliphatic heterocycles. The molecule has 0 radical (unpaired) electrons. The number of amides is 1. The number of anilines is 1. The molecule has 3 rings (SSSR count). The van der Waals surface area contributed by atoms with Crippen LogP contribution in [-0.2, 0) is 0 Å². The largest absolute Gasteiger partial charge is 0.333 e. The van der Waals surface area contributed by atoms with E-state index in [-0.39, 0.29) is 5.56 Å². The fourth-order valence-corrected chi connectivity index (χ4v) is 2.66. The van der Waals surface area contributed by atoms with E-state index in [1.807, 2.05) is 26.0 Å². The number of benzene rings is 2. The SMILES string of the molecule is Cc1cccc(NC(=O)c2c[nH]c(=O)n(-c3ccc(Cl)cc3)c2=O)c1C. The molecule has 1 amide bonds. The van der Waals surface area contributed by atoms with Crippen molar-refractivity contribution in [1.29, 1.82) is 0 Å². The summed E-state index contributed by atoms with van der Waals surface area (Å²) in [5.41, 5.74) is 1.34. The molecule has 7 heteroatoms. The van der Waals surface area contributed by atoms with Crippen molar-refractivity contribution in [3.8, 4) is 5.69 Å². The van der Waals surface area contributed by atoms with Gasteiger partial charge in [-0.15, -0.1) is 0 Å². The van der Waals surface area contributed by atoms with Gasteiger partial charge < -0.3 is 10.3 Å². The average molecular weight is 370 g/mol. The molecule has 0 bridgehead atoms. The maximum absolute atomic E-state index is 12.7. The summed E-state index contributed by atoms with van der Waals surface area (Å²) in [6.45, 7) is 3.81. The molecule has 1 heterocycles. The van der Waals surface area contributed by atoms with E-state index in [1.165, 1.54) is 12.1 Å². The molecular formula is C19H16ClN3O3. The lowest BCUT2D eigenvalue weighted by Gasteiger charge is -2.11. The summed E-state index contributed by atoms with van der Waals surface area (Å²) in [5, 5.41) is 3.19. The molecular weight excluding hydrogens is 354 g/mol. The number of halogens is 1. The molecule has 6 nitrogen and oxygen atoms in total. The lowest BCUT2D eigenvalue weighted by molar-refractivity contribution is 0.102. The Kier molecular flexibility index (Phi) is 4.77. The zero-order valence-corrected chi connectivity index (χ0v) is 14.9. The molecule has 0 aliphatic rings. The van der Waals surface area contributed by atoms with Crippen molar-refractivity contribution < 1.29 is 4.79 Å². The molecule has 3 aromatic rings. The Hall–Kier alpha value is -3.12. The van der Waals surface area contributed by atoms with Gasteiger partial charge in [-0.1, -0.05) is 23.7 Å². The zero-order chi connectivity index (χ0) is 18.8. The van der Waals surface area contributed by atoms with E-state index in [1.54, 1.807) is 18.2 Å². The van der Waals surface area contributed by atoms with E-state index in [4.69, 9.17) is 11.6 Å². The van der Waals surface area contributed by atoms with Crippen LogP contribution in [-0.4, -0.2) is 15.5 Å². The number of hydrogen-bond acceptors (Lipinski definition) is 3. The summed E-state index contributed by atoms with van der Waals surface area (Å²) >= 11 is 5.84. The molecule has 0 aliphatic carbocycles. The molecule has 0 spiro atoms. The number of H-pyrrole nitrogens is 1. The van der Waals surface area contributed by atoms with Crippen molar-refractivity contribution in [3.05, 3.63) is 91.2 Å². The van der Waals surface area contributed by atoms with E-state index >= 15 is 0 Å². The van der Waals surface area contributed by atoms with Crippen LogP contribution in [0.15, 0.2) is 58.3 Å². The van der Waals surface area contributed by atoms with Crippen LogP contribution in [0.1, 0.15) is 21.5 Å². The third kappa shape index (κ3) is 3.32. The number of carbonyl (C=O) groups is 1. The van der Waals surface area contributed by atoms with E-state index in [0.29, 0.717) is 16.4 Å². The first-order valence-corrected chi connectivity index (χ1v) is 8.24. The molecule has 132 valence electrons. The molecule has 0 saturated carbocycles. The lowest BCUT2D eigenvalue weighted by Crippen LogP contribution is -2.38. The maximum Gasteiger partial charge on any atom is 0.333 e. The third-order valence-corrected chi connectivity index (χ3v) is 4.41. The average Bonchev–Trinajstić information content (AvgIpc) is 2.60. The van der Waals surface area contributed by atoms with Crippen molar-refractivity contribution in [2.24, 2.45) is 0 Å². The smallest absolute Gasteiger partial charge is 0.322 e. The van der Waals surface area contributed by atoms with Crippen molar-refractivity contribution in [3.63, 3.8) is 0 Å². The minimum Gasteiger partial charge on any atom is -0.322 e. The van der Waals surface area contributed by atoms with Gasteiger partial charge in [-0.25, -0.2) is 9.36 Å². The molecule has 26 heavy (non-hydrogen) atoms. The van der Waals surface area contributed by atoms with Crippen molar-refractivity contribution >= 4 is 23.2 Å². The van der Waals surface area contributed by atoms with Gasteiger partial charge in [0, 0.05) is 16.9 Å². The van der Waals surface area contributed by atoms with E-state index in [0.717, 1.165) is 21.9 Å². The number of rotatable bonds is 3. The molecule has 0 saturated heterocycles. The monoisotopic (exact) mass is 369 g/mol. The third-order valence-electron chi connectivity index (χ3n) is 4.16. The van der Waals surface area contributed by atoms with Crippen LogP contribution in [0.2, 0.25) is 5.02 Å². The first kappa shape index (κ1) is 17.7. The van der Waals surface area contributed by atoms with Crippen LogP contribution in [0.25, 0.3) is 5.69 Å². The van der Waals surface area contributed by atoms with Gasteiger partial charge >= 0.3 is 5.69 Å². The van der Waals surface area contributed by atoms with Crippen LogP contribution in [0.5, 0.6) is 0 Å². The number of nitrogens with one attached hydrogen (secondary N) is 2. The minimum atomic E-state index is -0.709. The van der Waals surface area contributed by atoms with E-state index in [2.05, 4.69) is 10.3 Å². The molecule has 0 unspecified atom stereocenters. The molecule has 0 atom stereocenters. The van der Waals surface area contributed by atoms with Crippen LogP contribution < -0.4 is 16.6 Å². The summed E-state index contributed by atoms with van der Waals surface area (Å²) in [6, 6.07) is 11.7. The summed E-state index contributed by atoms with van der Waals surface area (Å²) < 4.78 is 0.897. The second kappa shape index (κ2) is 7.01. The number of nitrogens with zero attached hydrogens (tertiary/aromatic N) is 1. The number of carbonyl (C=O) groups excluding carboxylic acids is 1. The summed E-state index contributed by atoms with van der Waals surface area (Å²) in [7, 11) is 0. The maximum atomic E-state index is 12.7. The summed E-state index contributed by atoms with van der Waals surface area (Å²) in [5.74, 6) is -0.595. The number of aromatic nitrogens is 2. The Balaban J connectivity index is 2.04. The predicted molar refractivity (Wildman–Crippen MR) is 102 cm³/mol. The fraction of sp³-hybridized carbons (Fsp3) is 0.105. The summed E-state index contributed by atoms with van der Waals surface area (Å²) in [6.07, 6.45) is 1.12. The van der Waals surface area contributed by atoms with Crippen LogP contribution in [0.4, 0.5) is 5.69 Å². The zero-order valence-electron chi connectivity index (χ0n) is 14.2. The molecule has 2 aromatic carbocycles. The normalized spacial score (nSPS) is 10.6. The van der Waals surface area contributed by atoms with Crippen LogP contribution in [0.3, 0.4) is 0 Å². The highest BCUT2D eigenvalue weighted by Crippen LogP contribution is 2.18. The number of hydrogen-bond donors (Lipinski definition) is 2. The lowest BCUT2D eigenvalue weighted by atomic mass is 10.1. The first-order valence-electron chi connectivity index (χ1n) is 7.86. The minimum absolute atomic E-state index is 0.166. The van der Waals surface area contributed by atoms with Gasteiger partial charge in [0.1, 0.15) is 5.56 Å². The van der Waals surface area contributed by atoms with Gasteiger partial charge in [0.25, 0.3) is 11.5 Å². The second-order valence-electron chi connectivity index (χ2n) is 5.83. The Bertz CT molecular complexity index is 1100. The Morgan fingerprint density at radius 1 is 1.08 bits per heavy atom. The van der Waals surface area contributed by atoms with Gasteiger partial charge in [0.2, 0.25) is 0 Å². The Labute approximate surface area is 154 Å². The van der Waals surface area contributed by atoms with Gasteiger partial charge in [-0.2, -0.15) is 0 Å². The first-order chi connectivity index (χ1) is 12.4. The van der Waals surface area contributed by atoms with E-state index in [9.17, 15) is 14.4 Å². The number of aromatic amines is 1. The molecule has 2 N–H and O–H groups in total. The highest BCUT2D eigenvalue weighted by Gasteiger charge is 2.17. The highest BCUT2D eigenvalue weighted by atomic mass is 35.5. The van der Waals surface area contributed by atoms with Crippen molar-refractivity contribution in [1.82, 2.24) is 9.55 Å². The van der Waals surface area contributed by atoms with Crippen LogP contribution >= 0.6 is 11.6 Å². The highest BCUT2D eigenvalue weighted by molar-refractivity contribution is 6.30. The van der Waals surface area contributed by atoms with E-state index < -0.39 is 17.2 Å². The Morgan fingerprint density at radius 2 is 1.77 bits per heavy atom. The number of aryl methyl sites for hydroxylation is 1. The second-order valence-corrected chi connectivity index (χ2v) is 6.26. The Morgan fingerprint density at radius 3 is 2.46 bits per heavy atom. The summed E-state index contributed by atoms with van der Waals surface area (Å²) in [4.78, 5) is 39.8. The van der Waals surface area contributed by atoms with Gasteiger partial charge in [0.05, 0.1) is 5.69 Å². The molecule has 1 aromatic heterocycles. The van der Waals surface area contributed by atoms with Crippen molar-refractivity contribution in [2.45, 2.75) is 13.8 Å². The predicted octanol–water partition coefficient (Wildman–Crippen LogP) is 3.05. The van der Waals surface area contributed by atoms with Gasteiger partial charge in [-0.05, 0) is 55.3 Å². The van der Waals surface area contributed by atoms with Gasteiger partial charge in [-0.3, -0.25) is 9.59 Å². The van der Waals surface area contributed by atoms with Crippen LogP contribution in [0, 0.1) is 13.8 Å². The van der Waals surface area contributed by atoms with Crippen molar-refractivity contribution in [2.75, 3.05) is 5.32 Å². The topological polar surface area (TPSA) is 84.0 Å². The standard InChI is InChI=1S/C19H16ClN3O3/c1-11-4-3-5-16(12(11)2)22-17(24)15-10-21-19(26)23(18(15)25)14-8-6-13(20)7-9-14/h3-10H,1-2H3,(H,21,26)(H,22,24). The quantitative estimate of drug-likeness (QED) is 0.744. The molecule has 0 fully saturated rings. The fourth-order valence-electron chi connectivity index (χ4n) is 2.54.